The van der Waals surface area contributed by atoms with Gasteiger partial charge in [0.1, 0.15) is 0 Å². The SMILES string of the molecule is CCC(C)N(CCOC)c1ccc2c(c1)CCC(C)N2. The van der Waals surface area contributed by atoms with Crippen LogP contribution in [0.25, 0.3) is 0 Å². The monoisotopic (exact) mass is 276 g/mol. The maximum atomic E-state index is 5.26. The summed E-state index contributed by atoms with van der Waals surface area (Å²) < 4.78 is 5.26. The topological polar surface area (TPSA) is 24.5 Å². The van der Waals surface area contributed by atoms with Crippen molar-refractivity contribution < 1.29 is 4.74 Å². The normalized spacial score (nSPS) is 19.1. The van der Waals surface area contributed by atoms with Gasteiger partial charge in [0.25, 0.3) is 0 Å². The van der Waals surface area contributed by atoms with Gasteiger partial charge in [0.2, 0.25) is 0 Å². The highest BCUT2D eigenvalue weighted by molar-refractivity contribution is 5.62. The standard InChI is InChI=1S/C17H28N2O/c1-5-14(3)19(10-11-20-4)16-8-9-17-15(12-16)7-6-13(2)18-17/h8-9,12-14,18H,5-7,10-11H2,1-4H3. The fourth-order valence-electron chi connectivity index (χ4n) is 2.83. The van der Waals surface area contributed by atoms with Crippen LogP contribution in [0.15, 0.2) is 18.2 Å². The molecule has 112 valence electrons. The third-order valence-corrected chi connectivity index (χ3v) is 4.33. The average molecular weight is 276 g/mol. The highest BCUT2D eigenvalue weighted by Gasteiger charge is 2.18. The zero-order chi connectivity index (χ0) is 14.5. The van der Waals surface area contributed by atoms with Gasteiger partial charge in [-0.3, -0.25) is 0 Å². The number of rotatable bonds is 6. The smallest absolute Gasteiger partial charge is 0.0637 e. The van der Waals surface area contributed by atoms with Crippen molar-refractivity contribution in [1.82, 2.24) is 0 Å². The summed E-state index contributed by atoms with van der Waals surface area (Å²) in [4.78, 5) is 2.46. The summed E-state index contributed by atoms with van der Waals surface area (Å²) in [6, 6.07) is 7.97. The molecule has 2 atom stereocenters. The van der Waals surface area contributed by atoms with E-state index in [-0.39, 0.29) is 0 Å². The van der Waals surface area contributed by atoms with Crippen molar-refractivity contribution in [1.29, 1.82) is 0 Å². The molecule has 1 N–H and O–H groups in total. The maximum absolute atomic E-state index is 5.26. The first kappa shape index (κ1) is 15.2. The first-order valence-corrected chi connectivity index (χ1v) is 7.80. The molecule has 0 fully saturated rings. The molecule has 3 heteroatoms. The van der Waals surface area contributed by atoms with Crippen LogP contribution in [0.2, 0.25) is 0 Å². The first-order valence-electron chi connectivity index (χ1n) is 7.80. The molecular weight excluding hydrogens is 248 g/mol. The highest BCUT2D eigenvalue weighted by Crippen LogP contribution is 2.30. The van der Waals surface area contributed by atoms with Crippen LogP contribution < -0.4 is 10.2 Å². The second-order valence-corrected chi connectivity index (χ2v) is 5.87. The van der Waals surface area contributed by atoms with E-state index in [0.717, 1.165) is 19.6 Å². The van der Waals surface area contributed by atoms with Crippen molar-refractivity contribution in [3.63, 3.8) is 0 Å². The van der Waals surface area contributed by atoms with Gasteiger partial charge in [0, 0.05) is 37.1 Å². The maximum Gasteiger partial charge on any atom is 0.0637 e. The van der Waals surface area contributed by atoms with Crippen LogP contribution in [0.1, 0.15) is 39.2 Å². The third kappa shape index (κ3) is 3.45. The number of ether oxygens (including phenoxy) is 1. The zero-order valence-corrected chi connectivity index (χ0v) is 13.3. The number of aryl methyl sites for hydroxylation is 1. The highest BCUT2D eigenvalue weighted by atomic mass is 16.5. The Morgan fingerprint density at radius 1 is 1.45 bits per heavy atom. The number of hydrogen-bond acceptors (Lipinski definition) is 3. The minimum absolute atomic E-state index is 0.540. The Hall–Kier alpha value is -1.22. The Morgan fingerprint density at radius 2 is 2.25 bits per heavy atom. The Morgan fingerprint density at radius 3 is 2.95 bits per heavy atom. The van der Waals surface area contributed by atoms with Crippen molar-refractivity contribution in [3.05, 3.63) is 23.8 Å². The molecule has 0 saturated heterocycles. The molecule has 2 rings (SSSR count). The van der Waals surface area contributed by atoms with Crippen LogP contribution in [0.4, 0.5) is 11.4 Å². The van der Waals surface area contributed by atoms with Gasteiger partial charge in [-0.2, -0.15) is 0 Å². The van der Waals surface area contributed by atoms with Gasteiger partial charge in [-0.15, -0.1) is 0 Å². The van der Waals surface area contributed by atoms with Crippen molar-refractivity contribution >= 4 is 11.4 Å². The van der Waals surface area contributed by atoms with Gasteiger partial charge in [-0.05, 0) is 56.9 Å². The number of methoxy groups -OCH3 is 1. The molecule has 1 heterocycles. The summed E-state index contributed by atoms with van der Waals surface area (Å²) >= 11 is 0. The Labute approximate surface area is 123 Å². The van der Waals surface area contributed by atoms with Crippen molar-refractivity contribution in [2.24, 2.45) is 0 Å². The predicted octanol–water partition coefficient (Wildman–Crippen LogP) is 3.68. The van der Waals surface area contributed by atoms with E-state index in [1.54, 1.807) is 7.11 Å². The number of anilines is 2. The van der Waals surface area contributed by atoms with E-state index in [4.69, 9.17) is 4.74 Å². The van der Waals surface area contributed by atoms with Crippen LogP contribution >= 0.6 is 0 Å². The van der Waals surface area contributed by atoms with Gasteiger partial charge in [0.15, 0.2) is 0 Å². The lowest BCUT2D eigenvalue weighted by atomic mass is 9.98. The molecule has 0 aromatic heterocycles. The summed E-state index contributed by atoms with van der Waals surface area (Å²) in [7, 11) is 1.77. The van der Waals surface area contributed by atoms with E-state index in [2.05, 4.69) is 49.2 Å². The van der Waals surface area contributed by atoms with Crippen LogP contribution in [-0.2, 0) is 11.2 Å². The van der Waals surface area contributed by atoms with E-state index in [0.29, 0.717) is 12.1 Å². The van der Waals surface area contributed by atoms with Gasteiger partial charge in [0.05, 0.1) is 6.61 Å². The molecule has 1 aliphatic heterocycles. The van der Waals surface area contributed by atoms with Gasteiger partial charge in [-0.25, -0.2) is 0 Å². The molecular formula is C17H28N2O. The number of hydrogen-bond donors (Lipinski definition) is 1. The number of benzene rings is 1. The lowest BCUT2D eigenvalue weighted by Crippen LogP contribution is -2.35. The minimum atomic E-state index is 0.540. The number of nitrogens with zero attached hydrogens (tertiary/aromatic N) is 1. The number of fused-ring (bicyclic) bond motifs is 1. The van der Waals surface area contributed by atoms with Crippen molar-refractivity contribution in [2.75, 3.05) is 30.5 Å². The van der Waals surface area contributed by atoms with Crippen LogP contribution in [0.3, 0.4) is 0 Å². The van der Waals surface area contributed by atoms with Crippen LogP contribution in [-0.4, -0.2) is 32.3 Å². The minimum Gasteiger partial charge on any atom is -0.383 e. The van der Waals surface area contributed by atoms with Gasteiger partial charge in [-0.1, -0.05) is 6.92 Å². The zero-order valence-electron chi connectivity index (χ0n) is 13.3. The largest absolute Gasteiger partial charge is 0.383 e. The average Bonchev–Trinajstić information content (AvgIpc) is 2.47. The lowest BCUT2D eigenvalue weighted by Gasteiger charge is -2.32. The third-order valence-electron chi connectivity index (χ3n) is 4.33. The Bertz CT molecular complexity index is 433. The fourth-order valence-corrected chi connectivity index (χ4v) is 2.83. The van der Waals surface area contributed by atoms with E-state index in [1.165, 1.54) is 29.8 Å². The summed E-state index contributed by atoms with van der Waals surface area (Å²) in [6.45, 7) is 8.51. The van der Waals surface area contributed by atoms with E-state index >= 15 is 0 Å². The van der Waals surface area contributed by atoms with Crippen molar-refractivity contribution in [2.45, 2.75) is 52.1 Å². The Kier molecular flexibility index (Phi) is 5.30. The second-order valence-electron chi connectivity index (χ2n) is 5.87. The first-order chi connectivity index (χ1) is 9.65. The molecule has 0 radical (unpaired) electrons. The van der Waals surface area contributed by atoms with E-state index in [9.17, 15) is 0 Å². The van der Waals surface area contributed by atoms with E-state index < -0.39 is 0 Å². The lowest BCUT2D eigenvalue weighted by molar-refractivity contribution is 0.203. The molecule has 20 heavy (non-hydrogen) atoms. The molecule has 0 spiro atoms. The molecule has 1 aromatic carbocycles. The quantitative estimate of drug-likeness (QED) is 0.857. The molecule has 1 aliphatic rings. The molecule has 3 nitrogen and oxygen atoms in total. The number of nitrogens with one attached hydrogen (secondary N) is 1. The van der Waals surface area contributed by atoms with Gasteiger partial charge >= 0.3 is 0 Å². The fraction of sp³-hybridized carbons (Fsp3) is 0.647. The molecule has 0 bridgehead atoms. The second kappa shape index (κ2) is 6.98. The van der Waals surface area contributed by atoms with Gasteiger partial charge < -0.3 is 15.0 Å². The summed E-state index contributed by atoms with van der Waals surface area (Å²) in [5.74, 6) is 0. The molecule has 0 amide bonds. The Balaban J connectivity index is 2.20. The summed E-state index contributed by atoms with van der Waals surface area (Å²) in [5.41, 5.74) is 4.08. The molecule has 1 aromatic rings. The van der Waals surface area contributed by atoms with E-state index in [1.807, 2.05) is 0 Å². The summed E-state index contributed by atoms with van der Waals surface area (Å²) in [5, 5.41) is 3.57. The van der Waals surface area contributed by atoms with Crippen LogP contribution in [0, 0.1) is 0 Å². The predicted molar refractivity (Wildman–Crippen MR) is 86.8 cm³/mol. The molecule has 2 unspecified atom stereocenters. The molecule has 0 saturated carbocycles. The molecule has 0 aliphatic carbocycles. The van der Waals surface area contributed by atoms with Crippen LogP contribution in [0.5, 0.6) is 0 Å². The van der Waals surface area contributed by atoms with Crippen molar-refractivity contribution in [3.8, 4) is 0 Å². The summed E-state index contributed by atoms with van der Waals surface area (Å²) in [6.07, 6.45) is 3.55.